The van der Waals surface area contributed by atoms with Gasteiger partial charge in [-0.3, -0.25) is 0 Å². The van der Waals surface area contributed by atoms with Crippen molar-refractivity contribution in [1.29, 1.82) is 0 Å². The maximum atomic E-state index is 13.2. The van der Waals surface area contributed by atoms with E-state index in [4.69, 9.17) is 4.74 Å². The molecule has 0 fully saturated rings. The van der Waals surface area contributed by atoms with Crippen LogP contribution in [0.4, 0.5) is 0 Å². The fraction of sp³-hybridized carbons (Fsp3) is 0.129. The number of fused-ring (bicyclic) bond motifs is 7. The highest BCUT2D eigenvalue weighted by atomic mass is 16.5. The zero-order valence-electron chi connectivity index (χ0n) is 19.3. The molecule has 0 atom stereocenters. The van der Waals surface area contributed by atoms with E-state index in [9.17, 15) is 4.79 Å². The maximum absolute atomic E-state index is 13.2. The summed E-state index contributed by atoms with van der Waals surface area (Å²) >= 11 is 0. The Balaban J connectivity index is 1.81. The van der Waals surface area contributed by atoms with E-state index in [1.807, 2.05) is 19.1 Å². The molecule has 34 heavy (non-hydrogen) atoms. The fourth-order valence-corrected chi connectivity index (χ4v) is 5.33. The fourth-order valence-electron chi connectivity index (χ4n) is 5.33. The number of aryl methyl sites for hydroxylation is 1. The molecule has 0 radical (unpaired) electrons. The second-order valence-corrected chi connectivity index (χ2v) is 8.78. The zero-order chi connectivity index (χ0) is 23.2. The second-order valence-electron chi connectivity index (χ2n) is 8.78. The lowest BCUT2D eigenvalue weighted by molar-refractivity contribution is 0.0529. The first-order valence-electron chi connectivity index (χ1n) is 11.7. The number of aromatic nitrogens is 1. The van der Waals surface area contributed by atoms with Gasteiger partial charge in [0.1, 0.15) is 0 Å². The normalized spacial score (nSPS) is 11.6. The van der Waals surface area contributed by atoms with Crippen LogP contribution < -0.4 is 0 Å². The number of carbonyl (C=O) groups is 1. The van der Waals surface area contributed by atoms with E-state index < -0.39 is 0 Å². The minimum atomic E-state index is -0.277. The molecule has 0 unspecified atom stereocenters. The van der Waals surface area contributed by atoms with E-state index in [1.54, 1.807) is 0 Å². The number of ether oxygens (including phenoxy) is 1. The summed E-state index contributed by atoms with van der Waals surface area (Å²) < 4.78 is 7.70. The largest absolute Gasteiger partial charge is 0.462 e. The van der Waals surface area contributed by atoms with Crippen molar-refractivity contribution in [3.63, 3.8) is 0 Å². The van der Waals surface area contributed by atoms with Gasteiger partial charge in [0.05, 0.1) is 17.7 Å². The number of carbonyl (C=O) groups excluding carboxylic acids is 1. The first-order valence-corrected chi connectivity index (χ1v) is 11.7. The molecule has 6 aromatic rings. The van der Waals surface area contributed by atoms with Gasteiger partial charge in [0.15, 0.2) is 0 Å². The van der Waals surface area contributed by atoms with Gasteiger partial charge in [0.2, 0.25) is 0 Å². The molecular formula is C31H25NO2. The molecule has 0 saturated carbocycles. The molecule has 0 aliphatic heterocycles. The summed E-state index contributed by atoms with van der Waals surface area (Å²) in [4.78, 5) is 13.2. The summed E-state index contributed by atoms with van der Waals surface area (Å²) in [5.74, 6) is -0.277. The zero-order valence-corrected chi connectivity index (χ0v) is 19.3. The molecule has 0 aliphatic rings. The highest BCUT2D eigenvalue weighted by Crippen LogP contribution is 2.41. The number of esters is 1. The predicted octanol–water partition coefficient (Wildman–Crippen LogP) is 7.41. The highest BCUT2D eigenvalue weighted by Gasteiger charge is 2.21. The lowest BCUT2D eigenvalue weighted by Gasteiger charge is -2.15. The monoisotopic (exact) mass is 443 g/mol. The number of hydrogen-bond donors (Lipinski definition) is 0. The number of hydrogen-bond acceptors (Lipinski definition) is 2. The van der Waals surface area contributed by atoms with Crippen molar-refractivity contribution in [3.05, 3.63) is 108 Å². The van der Waals surface area contributed by atoms with E-state index in [2.05, 4.69) is 90.5 Å². The summed E-state index contributed by atoms with van der Waals surface area (Å²) in [7, 11) is 2.07. The van der Waals surface area contributed by atoms with Gasteiger partial charge in [-0.2, -0.15) is 0 Å². The minimum absolute atomic E-state index is 0.277. The minimum Gasteiger partial charge on any atom is -0.462 e. The van der Waals surface area contributed by atoms with E-state index in [0.717, 1.165) is 28.2 Å². The molecule has 0 amide bonds. The van der Waals surface area contributed by atoms with Gasteiger partial charge in [-0.15, -0.1) is 0 Å². The summed E-state index contributed by atoms with van der Waals surface area (Å²) in [6.45, 7) is 2.20. The molecule has 5 aromatic carbocycles. The predicted molar refractivity (Wildman–Crippen MR) is 141 cm³/mol. The van der Waals surface area contributed by atoms with Crippen molar-refractivity contribution >= 4 is 49.3 Å². The Hall–Kier alpha value is -4.11. The molecule has 0 spiro atoms. The molecule has 1 aromatic heterocycles. The van der Waals surface area contributed by atoms with Crippen LogP contribution in [-0.2, 0) is 18.2 Å². The summed E-state index contributed by atoms with van der Waals surface area (Å²) in [6.07, 6.45) is 0.799. The Kier molecular flexibility index (Phi) is 4.84. The quantitative estimate of drug-likeness (QED) is 0.210. The van der Waals surface area contributed by atoms with Gasteiger partial charge in [-0.1, -0.05) is 72.8 Å². The van der Waals surface area contributed by atoms with Crippen molar-refractivity contribution in [3.8, 4) is 0 Å². The van der Waals surface area contributed by atoms with E-state index in [1.165, 1.54) is 32.7 Å². The van der Waals surface area contributed by atoms with Crippen LogP contribution in [0.25, 0.3) is 43.4 Å². The van der Waals surface area contributed by atoms with Crippen molar-refractivity contribution in [2.75, 3.05) is 6.61 Å². The van der Waals surface area contributed by atoms with Crippen molar-refractivity contribution in [2.45, 2.75) is 13.3 Å². The molecule has 1 heterocycles. The molecule has 0 N–H and O–H groups in total. The van der Waals surface area contributed by atoms with Gasteiger partial charge in [0.25, 0.3) is 0 Å². The number of rotatable bonds is 4. The lowest BCUT2D eigenvalue weighted by atomic mass is 9.89. The van der Waals surface area contributed by atoms with Crippen LogP contribution in [0, 0.1) is 0 Å². The molecular weight excluding hydrogens is 418 g/mol. The van der Waals surface area contributed by atoms with Crippen molar-refractivity contribution in [1.82, 2.24) is 4.57 Å². The Morgan fingerprint density at radius 1 is 0.735 bits per heavy atom. The third-order valence-corrected chi connectivity index (χ3v) is 6.84. The molecule has 166 valence electrons. The van der Waals surface area contributed by atoms with E-state index in [-0.39, 0.29) is 5.97 Å². The summed E-state index contributed by atoms with van der Waals surface area (Å²) in [5.41, 5.74) is 5.26. The van der Waals surface area contributed by atoms with Crippen molar-refractivity contribution in [2.24, 2.45) is 7.05 Å². The average molecular weight is 444 g/mol. The smallest absolute Gasteiger partial charge is 0.338 e. The van der Waals surface area contributed by atoms with Gasteiger partial charge in [-0.05, 0) is 58.8 Å². The standard InChI is InChI=1S/C31H25NO2/c1-3-34-31(33)26-19-28-30(24-15-9-10-16-27(24)32(28)2)29-23-14-8-7-13-22(23)21(18-25(26)29)17-20-11-5-4-6-12-20/h4-16,18-19H,3,17H2,1-2H3. The van der Waals surface area contributed by atoms with E-state index in [0.29, 0.717) is 12.2 Å². The maximum Gasteiger partial charge on any atom is 0.338 e. The van der Waals surface area contributed by atoms with Crippen LogP contribution >= 0.6 is 0 Å². The van der Waals surface area contributed by atoms with Crippen LogP contribution in [0.3, 0.4) is 0 Å². The van der Waals surface area contributed by atoms with Gasteiger partial charge in [-0.25, -0.2) is 4.79 Å². The highest BCUT2D eigenvalue weighted by molar-refractivity contribution is 6.31. The van der Waals surface area contributed by atoms with Crippen LogP contribution in [-0.4, -0.2) is 17.1 Å². The Morgan fingerprint density at radius 3 is 2.18 bits per heavy atom. The van der Waals surface area contributed by atoms with Crippen LogP contribution in [0.2, 0.25) is 0 Å². The topological polar surface area (TPSA) is 31.2 Å². The lowest BCUT2D eigenvalue weighted by Crippen LogP contribution is -2.06. The summed E-state index contributed by atoms with van der Waals surface area (Å²) in [5, 5.41) is 6.83. The van der Waals surface area contributed by atoms with Crippen molar-refractivity contribution < 1.29 is 9.53 Å². The van der Waals surface area contributed by atoms with E-state index >= 15 is 0 Å². The molecule has 0 aliphatic carbocycles. The second kappa shape index (κ2) is 8.03. The number of para-hydroxylation sites is 1. The Morgan fingerprint density at radius 2 is 1.41 bits per heavy atom. The van der Waals surface area contributed by atoms with Gasteiger partial charge < -0.3 is 9.30 Å². The number of nitrogens with zero attached hydrogens (tertiary/aromatic N) is 1. The first-order chi connectivity index (χ1) is 16.7. The third-order valence-electron chi connectivity index (χ3n) is 6.84. The Labute approximate surface area is 198 Å². The van der Waals surface area contributed by atoms with Crippen LogP contribution in [0.15, 0.2) is 91.0 Å². The molecule has 0 saturated heterocycles. The molecule has 3 nitrogen and oxygen atoms in total. The average Bonchev–Trinajstić information content (AvgIpc) is 3.16. The van der Waals surface area contributed by atoms with Crippen LogP contribution in [0.5, 0.6) is 0 Å². The SMILES string of the molecule is CCOC(=O)c1cc2c(c3ccccc3n2C)c2c1cc(Cc1ccccc1)c1ccccc12. The number of benzene rings is 5. The van der Waals surface area contributed by atoms with Gasteiger partial charge in [0, 0.05) is 28.7 Å². The molecule has 0 bridgehead atoms. The first kappa shape index (κ1) is 20.5. The molecule has 6 rings (SSSR count). The molecule has 3 heteroatoms. The third kappa shape index (κ3) is 3.08. The van der Waals surface area contributed by atoms with Crippen LogP contribution in [0.1, 0.15) is 28.4 Å². The summed E-state index contributed by atoms with van der Waals surface area (Å²) in [6, 6.07) is 31.7. The van der Waals surface area contributed by atoms with Gasteiger partial charge >= 0.3 is 5.97 Å². The Bertz CT molecular complexity index is 1710.